The number of likely N-dealkylation sites (N-methyl/N-ethyl adjacent to an activating group) is 1. The quantitative estimate of drug-likeness (QED) is 0.686. The summed E-state index contributed by atoms with van der Waals surface area (Å²) in [4.78, 5) is 13.3. The van der Waals surface area contributed by atoms with Crippen LogP contribution in [-0.2, 0) is 4.79 Å². The van der Waals surface area contributed by atoms with Crippen molar-refractivity contribution < 1.29 is 9.90 Å². The third-order valence-electron chi connectivity index (χ3n) is 2.74. The Bertz CT molecular complexity index is 215. The molecule has 16 heavy (non-hydrogen) atoms. The van der Waals surface area contributed by atoms with Gasteiger partial charge in [0, 0.05) is 19.6 Å². The molecule has 0 radical (unpaired) electrons. The largest absolute Gasteiger partial charge is 0.389 e. The van der Waals surface area contributed by atoms with Crippen molar-refractivity contribution >= 4 is 5.91 Å². The smallest absolute Gasteiger partial charge is 0.236 e. The summed E-state index contributed by atoms with van der Waals surface area (Å²) in [5, 5.41) is 12.9. The predicted molar refractivity (Wildman–Crippen MR) is 66.3 cm³/mol. The Kier molecular flexibility index (Phi) is 6.60. The van der Waals surface area contributed by atoms with Crippen molar-refractivity contribution in [2.24, 2.45) is 0 Å². The third-order valence-corrected chi connectivity index (χ3v) is 2.74. The van der Waals surface area contributed by atoms with E-state index in [0.29, 0.717) is 6.54 Å². The van der Waals surface area contributed by atoms with E-state index in [1.807, 2.05) is 20.8 Å². The van der Waals surface area contributed by atoms with E-state index in [1.54, 1.807) is 18.9 Å². The molecule has 0 bridgehead atoms. The first-order chi connectivity index (χ1) is 7.30. The highest BCUT2D eigenvalue weighted by Gasteiger charge is 2.19. The summed E-state index contributed by atoms with van der Waals surface area (Å²) in [5.41, 5.74) is -0.717. The second-order valence-corrected chi connectivity index (χ2v) is 4.95. The highest BCUT2D eigenvalue weighted by Crippen LogP contribution is 2.09. The molecule has 4 heteroatoms. The van der Waals surface area contributed by atoms with Gasteiger partial charge < -0.3 is 15.3 Å². The van der Waals surface area contributed by atoms with E-state index in [2.05, 4.69) is 5.32 Å². The fourth-order valence-corrected chi connectivity index (χ4v) is 1.48. The minimum absolute atomic E-state index is 0.0577. The summed E-state index contributed by atoms with van der Waals surface area (Å²) in [6.07, 6.45) is 1.68. The van der Waals surface area contributed by atoms with Crippen LogP contribution in [0.2, 0.25) is 0 Å². The zero-order chi connectivity index (χ0) is 12.8. The SMILES string of the molecule is CCCC(C)(O)CNCC(=O)N(C)C(C)C. The number of rotatable bonds is 7. The van der Waals surface area contributed by atoms with Gasteiger partial charge in [0.25, 0.3) is 0 Å². The molecule has 0 aliphatic carbocycles. The number of nitrogens with one attached hydrogen (secondary N) is 1. The number of amides is 1. The summed E-state index contributed by atoms with van der Waals surface area (Å²) in [5.74, 6) is 0.0577. The van der Waals surface area contributed by atoms with E-state index >= 15 is 0 Å². The van der Waals surface area contributed by atoms with E-state index in [1.165, 1.54) is 0 Å². The van der Waals surface area contributed by atoms with Crippen LogP contribution in [0, 0.1) is 0 Å². The number of hydrogen-bond acceptors (Lipinski definition) is 3. The predicted octanol–water partition coefficient (Wildman–Crippen LogP) is 0.994. The molecule has 4 nitrogen and oxygen atoms in total. The Morgan fingerprint density at radius 1 is 1.50 bits per heavy atom. The van der Waals surface area contributed by atoms with Crippen LogP contribution in [0.3, 0.4) is 0 Å². The normalized spacial score (nSPS) is 14.9. The molecule has 0 heterocycles. The lowest BCUT2D eigenvalue weighted by molar-refractivity contribution is -0.130. The molecule has 0 aromatic carbocycles. The molecule has 1 unspecified atom stereocenters. The molecule has 0 rings (SSSR count). The summed E-state index contributed by atoms with van der Waals surface area (Å²) in [6.45, 7) is 8.52. The van der Waals surface area contributed by atoms with Crippen LogP contribution in [0.1, 0.15) is 40.5 Å². The van der Waals surface area contributed by atoms with Gasteiger partial charge in [-0.05, 0) is 27.2 Å². The van der Waals surface area contributed by atoms with Crippen molar-refractivity contribution in [1.29, 1.82) is 0 Å². The van der Waals surface area contributed by atoms with Crippen molar-refractivity contribution in [2.45, 2.75) is 52.2 Å². The summed E-state index contributed by atoms with van der Waals surface area (Å²) >= 11 is 0. The van der Waals surface area contributed by atoms with Crippen LogP contribution in [0.5, 0.6) is 0 Å². The van der Waals surface area contributed by atoms with Gasteiger partial charge in [-0.2, -0.15) is 0 Å². The number of carbonyl (C=O) groups excluding carboxylic acids is 1. The molecule has 1 amide bonds. The van der Waals surface area contributed by atoms with Crippen LogP contribution >= 0.6 is 0 Å². The molecule has 0 spiro atoms. The Morgan fingerprint density at radius 2 is 2.06 bits per heavy atom. The maximum atomic E-state index is 11.6. The second-order valence-electron chi connectivity index (χ2n) is 4.95. The van der Waals surface area contributed by atoms with Crippen molar-refractivity contribution in [1.82, 2.24) is 10.2 Å². The van der Waals surface area contributed by atoms with Gasteiger partial charge in [0.05, 0.1) is 12.1 Å². The van der Waals surface area contributed by atoms with Crippen LogP contribution in [-0.4, -0.2) is 47.7 Å². The van der Waals surface area contributed by atoms with Gasteiger partial charge in [-0.25, -0.2) is 0 Å². The third kappa shape index (κ3) is 6.08. The van der Waals surface area contributed by atoms with Gasteiger partial charge in [0.2, 0.25) is 5.91 Å². The van der Waals surface area contributed by atoms with Crippen LogP contribution in [0.15, 0.2) is 0 Å². The lowest BCUT2D eigenvalue weighted by Crippen LogP contribution is -2.44. The fraction of sp³-hybridized carbons (Fsp3) is 0.917. The lowest BCUT2D eigenvalue weighted by atomic mass is 10.0. The zero-order valence-electron chi connectivity index (χ0n) is 11.2. The first-order valence-corrected chi connectivity index (χ1v) is 5.99. The van der Waals surface area contributed by atoms with Gasteiger partial charge in [-0.15, -0.1) is 0 Å². The van der Waals surface area contributed by atoms with Gasteiger partial charge in [0.1, 0.15) is 0 Å². The average molecular weight is 230 g/mol. The Labute approximate surface area is 99.0 Å². The molecule has 2 N–H and O–H groups in total. The highest BCUT2D eigenvalue weighted by molar-refractivity contribution is 5.78. The average Bonchev–Trinajstić information content (AvgIpc) is 2.15. The first kappa shape index (κ1) is 15.4. The van der Waals surface area contributed by atoms with Gasteiger partial charge in [0.15, 0.2) is 0 Å². The standard InChI is InChI=1S/C12H26N2O2/c1-6-7-12(4,16)9-13-8-11(15)14(5)10(2)3/h10,13,16H,6-9H2,1-5H3. The molecule has 0 saturated carbocycles. The van der Waals surface area contributed by atoms with Crippen LogP contribution < -0.4 is 5.32 Å². The number of carbonyl (C=O) groups is 1. The molecule has 0 aromatic heterocycles. The molecule has 0 saturated heterocycles. The minimum Gasteiger partial charge on any atom is -0.389 e. The zero-order valence-corrected chi connectivity index (χ0v) is 11.2. The fourth-order valence-electron chi connectivity index (χ4n) is 1.48. The highest BCUT2D eigenvalue weighted by atomic mass is 16.3. The minimum atomic E-state index is -0.717. The molecule has 0 aliphatic heterocycles. The monoisotopic (exact) mass is 230 g/mol. The second kappa shape index (κ2) is 6.86. The maximum Gasteiger partial charge on any atom is 0.236 e. The number of nitrogens with zero attached hydrogens (tertiary/aromatic N) is 1. The van der Waals surface area contributed by atoms with E-state index < -0.39 is 5.60 Å². The van der Waals surface area contributed by atoms with Crippen molar-refractivity contribution in [3.63, 3.8) is 0 Å². The van der Waals surface area contributed by atoms with Crippen molar-refractivity contribution in [3.05, 3.63) is 0 Å². The molecule has 0 aliphatic rings. The van der Waals surface area contributed by atoms with E-state index in [0.717, 1.165) is 12.8 Å². The lowest BCUT2D eigenvalue weighted by Gasteiger charge is -2.25. The van der Waals surface area contributed by atoms with E-state index in [9.17, 15) is 9.90 Å². The Hall–Kier alpha value is -0.610. The van der Waals surface area contributed by atoms with E-state index in [4.69, 9.17) is 0 Å². The Morgan fingerprint density at radius 3 is 2.50 bits per heavy atom. The molecule has 1 atom stereocenters. The maximum absolute atomic E-state index is 11.6. The molecular weight excluding hydrogens is 204 g/mol. The first-order valence-electron chi connectivity index (χ1n) is 5.99. The van der Waals surface area contributed by atoms with Crippen molar-refractivity contribution in [3.8, 4) is 0 Å². The van der Waals surface area contributed by atoms with Gasteiger partial charge >= 0.3 is 0 Å². The molecule has 0 aromatic rings. The van der Waals surface area contributed by atoms with E-state index in [-0.39, 0.29) is 18.5 Å². The molecular formula is C12H26N2O2. The van der Waals surface area contributed by atoms with Crippen LogP contribution in [0.4, 0.5) is 0 Å². The molecule has 96 valence electrons. The van der Waals surface area contributed by atoms with Gasteiger partial charge in [-0.1, -0.05) is 13.3 Å². The summed E-state index contributed by atoms with van der Waals surface area (Å²) in [6, 6.07) is 0.213. The number of aliphatic hydroxyl groups is 1. The summed E-state index contributed by atoms with van der Waals surface area (Å²) < 4.78 is 0. The summed E-state index contributed by atoms with van der Waals surface area (Å²) in [7, 11) is 1.79. The molecule has 0 fully saturated rings. The topological polar surface area (TPSA) is 52.6 Å². The number of hydrogen-bond donors (Lipinski definition) is 2. The Balaban J connectivity index is 3.86. The van der Waals surface area contributed by atoms with Crippen molar-refractivity contribution in [2.75, 3.05) is 20.1 Å². The van der Waals surface area contributed by atoms with Gasteiger partial charge in [-0.3, -0.25) is 4.79 Å². The van der Waals surface area contributed by atoms with Crippen LogP contribution in [0.25, 0.3) is 0 Å².